The lowest BCUT2D eigenvalue weighted by Crippen LogP contribution is -2.34. The van der Waals surface area contributed by atoms with Crippen LogP contribution < -0.4 is 5.32 Å². The molecule has 0 aliphatic carbocycles. The maximum absolute atomic E-state index is 11.9. The monoisotopic (exact) mass is 328 g/mol. The predicted octanol–water partition coefficient (Wildman–Crippen LogP) is 2.12. The number of hydrogen-bond donors (Lipinski definition) is 1. The molecule has 0 saturated heterocycles. The van der Waals surface area contributed by atoms with Gasteiger partial charge in [-0.25, -0.2) is 4.79 Å². The number of methoxy groups -OCH3 is 1. The van der Waals surface area contributed by atoms with Crippen molar-refractivity contribution in [2.24, 2.45) is 0 Å². The second kappa shape index (κ2) is 7.62. The minimum atomic E-state index is -0.429. The molecule has 0 saturated carbocycles. The molecule has 0 spiro atoms. The Bertz CT molecular complexity index is 435. The van der Waals surface area contributed by atoms with E-state index in [2.05, 4.69) is 26.1 Å². The molecule has 106 valence electrons. The fourth-order valence-electron chi connectivity index (χ4n) is 1.68. The minimum absolute atomic E-state index is 0.269. The van der Waals surface area contributed by atoms with Gasteiger partial charge in [-0.3, -0.25) is 5.32 Å². The normalized spacial score (nSPS) is 12.5. The molecule has 1 aromatic carbocycles. The second-order valence-electron chi connectivity index (χ2n) is 4.72. The number of halogens is 1. The zero-order chi connectivity index (χ0) is 14.4. The molecule has 0 aromatic heterocycles. The molecule has 4 nitrogen and oxygen atoms in total. The summed E-state index contributed by atoms with van der Waals surface area (Å²) in [6.45, 7) is 3.60. The number of likely N-dealkylation sites (N-methyl/N-ethyl adjacent to an activating group) is 1. The average Bonchev–Trinajstić information content (AvgIpc) is 2.37. The summed E-state index contributed by atoms with van der Waals surface area (Å²) in [6.07, 6.45) is 0. The van der Waals surface area contributed by atoms with Gasteiger partial charge in [0.2, 0.25) is 0 Å². The molecule has 1 atom stereocenters. The van der Waals surface area contributed by atoms with Crippen LogP contribution in [0.15, 0.2) is 22.7 Å². The van der Waals surface area contributed by atoms with Crippen molar-refractivity contribution < 1.29 is 9.53 Å². The Morgan fingerprint density at radius 1 is 1.47 bits per heavy atom. The Hall–Kier alpha value is -0.910. The van der Waals surface area contributed by atoms with Crippen molar-refractivity contribution in [2.75, 3.05) is 34.3 Å². The van der Waals surface area contributed by atoms with Crippen molar-refractivity contribution >= 4 is 21.9 Å². The number of benzene rings is 1. The molecule has 0 heterocycles. The van der Waals surface area contributed by atoms with E-state index in [1.54, 1.807) is 0 Å². The lowest BCUT2D eigenvalue weighted by molar-refractivity contribution is -0.143. The number of esters is 1. The predicted molar refractivity (Wildman–Crippen MR) is 80.2 cm³/mol. The van der Waals surface area contributed by atoms with E-state index < -0.39 is 6.04 Å². The van der Waals surface area contributed by atoms with Gasteiger partial charge in [-0.05, 0) is 38.2 Å². The molecule has 1 N–H and O–H groups in total. The lowest BCUT2D eigenvalue weighted by atomic mass is 10.1. The van der Waals surface area contributed by atoms with E-state index in [4.69, 9.17) is 4.74 Å². The molecule has 5 heteroatoms. The molecule has 0 amide bonds. The topological polar surface area (TPSA) is 41.6 Å². The maximum atomic E-state index is 11.9. The summed E-state index contributed by atoms with van der Waals surface area (Å²) in [5.41, 5.74) is 2.05. The molecule has 1 unspecified atom stereocenters. The molecular formula is C14H21BrN2O2. The first kappa shape index (κ1) is 16.1. The summed E-state index contributed by atoms with van der Waals surface area (Å²) < 4.78 is 5.86. The van der Waals surface area contributed by atoms with Crippen molar-refractivity contribution in [1.82, 2.24) is 10.2 Å². The Labute approximate surface area is 123 Å². The average molecular weight is 329 g/mol. The third kappa shape index (κ3) is 4.93. The third-order valence-electron chi connectivity index (χ3n) is 2.87. The fraction of sp³-hybridized carbons (Fsp3) is 0.500. The van der Waals surface area contributed by atoms with Gasteiger partial charge in [0.15, 0.2) is 0 Å². The third-order valence-corrected chi connectivity index (χ3v) is 3.73. The number of nitrogens with one attached hydrogen (secondary N) is 1. The van der Waals surface area contributed by atoms with Gasteiger partial charge >= 0.3 is 5.97 Å². The summed E-state index contributed by atoms with van der Waals surface area (Å²) in [6, 6.07) is 5.47. The van der Waals surface area contributed by atoms with Crippen molar-refractivity contribution in [2.45, 2.75) is 13.0 Å². The molecule has 0 aliphatic heterocycles. The van der Waals surface area contributed by atoms with Crippen LogP contribution in [0.1, 0.15) is 17.2 Å². The van der Waals surface area contributed by atoms with Crippen LogP contribution in [0.4, 0.5) is 0 Å². The number of rotatable bonds is 6. The Kier molecular flexibility index (Phi) is 6.48. The largest absolute Gasteiger partial charge is 0.468 e. The zero-order valence-corrected chi connectivity index (χ0v) is 13.5. The first-order valence-corrected chi connectivity index (χ1v) is 6.97. The van der Waals surface area contributed by atoms with E-state index in [1.165, 1.54) is 7.11 Å². The highest BCUT2D eigenvalue weighted by molar-refractivity contribution is 9.10. The van der Waals surface area contributed by atoms with Gasteiger partial charge < -0.3 is 9.64 Å². The van der Waals surface area contributed by atoms with Crippen molar-refractivity contribution in [3.8, 4) is 0 Å². The maximum Gasteiger partial charge on any atom is 0.327 e. The zero-order valence-electron chi connectivity index (χ0n) is 11.9. The van der Waals surface area contributed by atoms with Crippen molar-refractivity contribution in [1.29, 1.82) is 0 Å². The number of ether oxygens (including phenoxy) is 1. The molecule has 0 fully saturated rings. The summed E-state index contributed by atoms with van der Waals surface area (Å²) in [7, 11) is 5.40. The molecule has 1 rings (SSSR count). The molecule has 0 aliphatic rings. The van der Waals surface area contributed by atoms with Crippen LogP contribution in [0.25, 0.3) is 0 Å². The minimum Gasteiger partial charge on any atom is -0.468 e. The van der Waals surface area contributed by atoms with E-state index in [-0.39, 0.29) is 5.97 Å². The van der Waals surface area contributed by atoms with Crippen LogP contribution in [-0.2, 0) is 9.53 Å². The summed E-state index contributed by atoms with van der Waals surface area (Å²) in [5.74, 6) is -0.269. The standard InChI is InChI=1S/C14H21BrN2O2/c1-10-5-6-11(9-12(10)15)13(14(18)19-4)16-7-8-17(2)3/h5-6,9,13,16H,7-8H2,1-4H3. The van der Waals surface area contributed by atoms with E-state index >= 15 is 0 Å². The van der Waals surface area contributed by atoms with Crippen LogP contribution in [0, 0.1) is 6.92 Å². The van der Waals surface area contributed by atoms with Crippen LogP contribution in [0.2, 0.25) is 0 Å². The molecule has 0 bridgehead atoms. The fourth-order valence-corrected chi connectivity index (χ4v) is 2.07. The summed E-state index contributed by atoms with van der Waals surface area (Å²) in [4.78, 5) is 13.9. The highest BCUT2D eigenvalue weighted by Crippen LogP contribution is 2.22. The highest BCUT2D eigenvalue weighted by Gasteiger charge is 2.21. The summed E-state index contributed by atoms with van der Waals surface area (Å²) >= 11 is 3.49. The van der Waals surface area contributed by atoms with Gasteiger partial charge in [0.25, 0.3) is 0 Å². The lowest BCUT2D eigenvalue weighted by Gasteiger charge is -2.19. The Balaban J connectivity index is 2.83. The molecule has 1 aromatic rings. The molecule has 19 heavy (non-hydrogen) atoms. The number of aryl methyl sites for hydroxylation is 1. The first-order chi connectivity index (χ1) is 8.95. The quantitative estimate of drug-likeness (QED) is 0.812. The molecular weight excluding hydrogens is 308 g/mol. The van der Waals surface area contributed by atoms with Gasteiger partial charge in [0.1, 0.15) is 6.04 Å². The number of hydrogen-bond acceptors (Lipinski definition) is 4. The number of nitrogens with zero attached hydrogens (tertiary/aromatic N) is 1. The van der Waals surface area contributed by atoms with Crippen LogP contribution >= 0.6 is 15.9 Å². The van der Waals surface area contributed by atoms with E-state index in [9.17, 15) is 4.79 Å². The number of carbonyl (C=O) groups is 1. The van der Waals surface area contributed by atoms with Crippen molar-refractivity contribution in [3.05, 3.63) is 33.8 Å². The van der Waals surface area contributed by atoms with Crippen LogP contribution in [0.5, 0.6) is 0 Å². The smallest absolute Gasteiger partial charge is 0.327 e. The van der Waals surface area contributed by atoms with Gasteiger partial charge in [0, 0.05) is 17.6 Å². The Morgan fingerprint density at radius 2 is 2.16 bits per heavy atom. The van der Waals surface area contributed by atoms with Gasteiger partial charge in [-0.2, -0.15) is 0 Å². The Morgan fingerprint density at radius 3 is 2.68 bits per heavy atom. The van der Waals surface area contributed by atoms with Gasteiger partial charge in [-0.15, -0.1) is 0 Å². The van der Waals surface area contributed by atoms with Gasteiger partial charge in [-0.1, -0.05) is 28.1 Å². The highest BCUT2D eigenvalue weighted by atomic mass is 79.9. The molecule has 0 radical (unpaired) electrons. The van der Waals surface area contributed by atoms with Crippen LogP contribution in [-0.4, -0.2) is 45.2 Å². The van der Waals surface area contributed by atoms with E-state index in [1.807, 2.05) is 39.2 Å². The van der Waals surface area contributed by atoms with E-state index in [0.717, 1.165) is 28.7 Å². The van der Waals surface area contributed by atoms with Gasteiger partial charge in [0.05, 0.1) is 7.11 Å². The summed E-state index contributed by atoms with van der Waals surface area (Å²) in [5, 5.41) is 3.23. The second-order valence-corrected chi connectivity index (χ2v) is 5.58. The number of carbonyl (C=O) groups excluding carboxylic acids is 1. The van der Waals surface area contributed by atoms with Crippen molar-refractivity contribution in [3.63, 3.8) is 0 Å². The SMILES string of the molecule is COC(=O)C(NCCN(C)C)c1ccc(C)c(Br)c1. The van der Waals surface area contributed by atoms with Crippen LogP contribution in [0.3, 0.4) is 0 Å². The first-order valence-electron chi connectivity index (χ1n) is 6.17. The van der Waals surface area contributed by atoms with E-state index in [0.29, 0.717) is 0 Å².